The maximum Gasteiger partial charge on any atom is 0.422 e. The van der Waals surface area contributed by atoms with E-state index in [0.717, 1.165) is 6.08 Å². The van der Waals surface area contributed by atoms with E-state index in [1.165, 1.54) is 43.3 Å². The number of carbonyl (C=O) groups excluding carboxylic acids is 4. The van der Waals surface area contributed by atoms with E-state index in [9.17, 15) is 37.5 Å². The highest BCUT2D eigenvalue weighted by molar-refractivity contribution is 5.97. The summed E-state index contributed by atoms with van der Waals surface area (Å²) in [6.07, 6.45) is -5.55. The summed E-state index contributed by atoms with van der Waals surface area (Å²) < 4.78 is 60.4. The Morgan fingerprint density at radius 2 is 1.58 bits per heavy atom. The normalized spacial score (nSPS) is 20.4. The van der Waals surface area contributed by atoms with Gasteiger partial charge in [-0.2, -0.15) is 13.2 Å². The molecule has 1 aliphatic carbocycles. The molecule has 0 saturated carbocycles. The Morgan fingerprint density at radius 1 is 0.962 bits per heavy atom. The van der Waals surface area contributed by atoms with Gasteiger partial charge in [-0.1, -0.05) is 72.8 Å². The van der Waals surface area contributed by atoms with Crippen LogP contribution in [0.15, 0.2) is 103 Å². The summed E-state index contributed by atoms with van der Waals surface area (Å²) in [5.74, 6) is -4.94. The first-order valence-electron chi connectivity index (χ1n) is 16.6. The van der Waals surface area contributed by atoms with Crippen LogP contribution in [0.5, 0.6) is 0 Å². The number of aliphatic hydroxyl groups excluding tert-OH is 2. The van der Waals surface area contributed by atoms with Gasteiger partial charge < -0.3 is 39.8 Å². The van der Waals surface area contributed by atoms with Crippen molar-refractivity contribution < 1.29 is 61.5 Å². The van der Waals surface area contributed by atoms with Crippen molar-refractivity contribution in [1.29, 1.82) is 0 Å². The summed E-state index contributed by atoms with van der Waals surface area (Å²) in [6.45, 7) is -0.854. The molecular weight excluding hydrogens is 701 g/mol. The number of ether oxygens (including phenoxy) is 4. The van der Waals surface area contributed by atoms with E-state index >= 15 is 0 Å². The Kier molecular flexibility index (Phi) is 12.5. The van der Waals surface area contributed by atoms with E-state index in [2.05, 4.69) is 15.4 Å². The molecule has 15 heteroatoms. The zero-order valence-corrected chi connectivity index (χ0v) is 28.3. The van der Waals surface area contributed by atoms with E-state index in [4.69, 9.17) is 19.3 Å². The molecular formula is C38H37F3N2O10. The minimum absolute atomic E-state index is 0.0740. The molecule has 3 aromatic carbocycles. The molecule has 0 spiro atoms. The van der Waals surface area contributed by atoms with Crippen molar-refractivity contribution in [3.05, 3.63) is 125 Å². The SMILES string of the molecule is CC(O)C(NC(=O)C1=CC2OC(c3ccccc3)(c3ccccc3)OC2C(OC(=O)c2ccc(C=CC(=O)OCC(F)(F)F)cc2)C1)C(=O)NCCO. The summed E-state index contributed by atoms with van der Waals surface area (Å²) >= 11 is 0. The third kappa shape index (κ3) is 9.75. The number of halogens is 3. The van der Waals surface area contributed by atoms with Crippen LogP contribution in [0.3, 0.4) is 0 Å². The lowest BCUT2D eigenvalue weighted by molar-refractivity contribution is -0.182. The second-order valence-electron chi connectivity index (χ2n) is 12.2. The van der Waals surface area contributed by atoms with Gasteiger partial charge in [-0.15, -0.1) is 0 Å². The number of alkyl halides is 3. The Balaban J connectivity index is 1.41. The molecule has 0 radical (unpaired) electrons. The zero-order chi connectivity index (χ0) is 38.2. The van der Waals surface area contributed by atoms with Gasteiger partial charge in [-0.05, 0) is 36.8 Å². The number of carbonyl (C=O) groups is 4. The molecule has 12 nitrogen and oxygen atoms in total. The van der Waals surface area contributed by atoms with Crippen molar-refractivity contribution in [3.63, 3.8) is 0 Å². The zero-order valence-electron chi connectivity index (χ0n) is 28.3. The predicted octanol–water partition coefficient (Wildman–Crippen LogP) is 3.32. The van der Waals surface area contributed by atoms with Crippen LogP contribution < -0.4 is 10.6 Å². The minimum atomic E-state index is -4.66. The van der Waals surface area contributed by atoms with Gasteiger partial charge >= 0.3 is 18.1 Å². The summed E-state index contributed by atoms with van der Waals surface area (Å²) in [4.78, 5) is 51.5. The first kappa shape index (κ1) is 38.9. The summed E-state index contributed by atoms with van der Waals surface area (Å²) in [6, 6.07) is 22.4. The molecule has 5 unspecified atom stereocenters. The number of nitrogens with one attached hydrogen (secondary N) is 2. The fourth-order valence-corrected chi connectivity index (χ4v) is 5.82. The molecule has 5 rings (SSSR count). The number of amides is 2. The molecule has 1 saturated heterocycles. The number of hydrogen-bond acceptors (Lipinski definition) is 10. The molecule has 5 atom stereocenters. The first-order chi connectivity index (χ1) is 25.3. The van der Waals surface area contributed by atoms with E-state index in [1.807, 2.05) is 60.7 Å². The fourth-order valence-electron chi connectivity index (χ4n) is 5.82. The van der Waals surface area contributed by atoms with Gasteiger partial charge in [0.1, 0.15) is 24.4 Å². The highest BCUT2D eigenvalue weighted by Gasteiger charge is 2.55. The second kappa shape index (κ2) is 17.0. The summed E-state index contributed by atoms with van der Waals surface area (Å²) in [5, 5.41) is 24.3. The van der Waals surface area contributed by atoms with Crippen molar-refractivity contribution in [2.24, 2.45) is 0 Å². The summed E-state index contributed by atoms with van der Waals surface area (Å²) in [5.41, 5.74) is 1.80. The van der Waals surface area contributed by atoms with Gasteiger partial charge in [0.05, 0.1) is 18.3 Å². The van der Waals surface area contributed by atoms with Crippen LogP contribution in [-0.4, -0.2) is 90.4 Å². The lowest BCUT2D eigenvalue weighted by Gasteiger charge is -2.31. The highest BCUT2D eigenvalue weighted by Crippen LogP contribution is 2.47. The van der Waals surface area contributed by atoms with Crippen LogP contribution in [0.4, 0.5) is 13.2 Å². The summed E-state index contributed by atoms with van der Waals surface area (Å²) in [7, 11) is 0. The van der Waals surface area contributed by atoms with Gasteiger partial charge in [-0.3, -0.25) is 9.59 Å². The lowest BCUT2D eigenvalue weighted by atomic mass is 9.91. The molecule has 0 aromatic heterocycles. The van der Waals surface area contributed by atoms with Crippen LogP contribution in [0, 0.1) is 0 Å². The number of esters is 2. The monoisotopic (exact) mass is 738 g/mol. The first-order valence-corrected chi connectivity index (χ1v) is 16.6. The molecule has 1 aliphatic heterocycles. The number of hydrogen-bond donors (Lipinski definition) is 4. The molecule has 1 heterocycles. The number of rotatable bonds is 13. The largest absolute Gasteiger partial charge is 0.456 e. The quantitative estimate of drug-likeness (QED) is 0.151. The van der Waals surface area contributed by atoms with Crippen molar-refractivity contribution >= 4 is 29.8 Å². The lowest BCUT2D eigenvalue weighted by Crippen LogP contribution is -2.54. The molecule has 2 aliphatic rings. The van der Waals surface area contributed by atoms with E-state index in [0.29, 0.717) is 16.7 Å². The topological polar surface area (TPSA) is 170 Å². The van der Waals surface area contributed by atoms with Crippen molar-refractivity contribution in [2.45, 2.75) is 55.8 Å². The van der Waals surface area contributed by atoms with Crippen molar-refractivity contribution in [1.82, 2.24) is 10.6 Å². The molecule has 1 fully saturated rings. The molecule has 3 aromatic rings. The highest BCUT2D eigenvalue weighted by atomic mass is 19.4. The molecule has 53 heavy (non-hydrogen) atoms. The Morgan fingerprint density at radius 3 is 2.15 bits per heavy atom. The van der Waals surface area contributed by atoms with Crippen LogP contribution >= 0.6 is 0 Å². The molecule has 0 bridgehead atoms. The Bertz CT molecular complexity index is 1780. The minimum Gasteiger partial charge on any atom is -0.456 e. The number of aliphatic hydroxyl groups is 2. The Hall–Kier alpha value is -5.35. The Labute approximate surface area is 302 Å². The van der Waals surface area contributed by atoms with Crippen molar-refractivity contribution in [3.8, 4) is 0 Å². The maximum absolute atomic E-state index is 13.7. The van der Waals surface area contributed by atoms with Crippen LogP contribution in [0.25, 0.3) is 6.08 Å². The smallest absolute Gasteiger partial charge is 0.422 e. The average Bonchev–Trinajstić information content (AvgIpc) is 3.56. The fraction of sp³-hybridized carbons (Fsp3) is 0.316. The standard InChI is InChI=1S/C38H37F3N2O10/c1-23(45)32(35(48)42-18-19-44)43-34(47)26-20-29(51-36(49)25-15-12-24(13-16-25)14-17-31(46)50-22-37(39,40)41)33-30(21-26)52-38(53-33,27-8-4-2-5-9-27)28-10-6-3-7-11-28/h2-17,21,23,29-30,32-33,44-45H,18-20,22H2,1H3,(H,42,48)(H,43,47). The van der Waals surface area contributed by atoms with Gasteiger partial charge in [0.2, 0.25) is 17.6 Å². The maximum atomic E-state index is 13.7. The predicted molar refractivity (Wildman–Crippen MR) is 182 cm³/mol. The van der Waals surface area contributed by atoms with Crippen LogP contribution in [0.1, 0.15) is 40.4 Å². The van der Waals surface area contributed by atoms with Gasteiger partial charge in [-0.25, -0.2) is 9.59 Å². The van der Waals surface area contributed by atoms with Gasteiger partial charge in [0.15, 0.2) is 6.61 Å². The average molecular weight is 739 g/mol. The van der Waals surface area contributed by atoms with Crippen LogP contribution in [-0.2, 0) is 39.1 Å². The van der Waals surface area contributed by atoms with E-state index in [1.54, 1.807) is 0 Å². The van der Waals surface area contributed by atoms with Crippen molar-refractivity contribution in [2.75, 3.05) is 19.8 Å². The van der Waals surface area contributed by atoms with E-state index in [-0.39, 0.29) is 30.7 Å². The molecule has 4 N–H and O–H groups in total. The van der Waals surface area contributed by atoms with Crippen LogP contribution in [0.2, 0.25) is 0 Å². The van der Waals surface area contributed by atoms with Gasteiger partial charge in [0, 0.05) is 35.7 Å². The molecule has 280 valence electrons. The van der Waals surface area contributed by atoms with Gasteiger partial charge in [0.25, 0.3) is 0 Å². The number of fused-ring (bicyclic) bond motifs is 1. The third-order valence-corrected chi connectivity index (χ3v) is 8.34. The van der Waals surface area contributed by atoms with E-state index < -0.39 is 72.8 Å². The number of benzene rings is 3. The third-order valence-electron chi connectivity index (χ3n) is 8.34. The second-order valence-corrected chi connectivity index (χ2v) is 12.2. The molecule has 2 amide bonds.